The monoisotopic (exact) mass is 311 g/mol. The summed E-state index contributed by atoms with van der Waals surface area (Å²) >= 11 is 3.26. The Labute approximate surface area is 112 Å². The quantitative estimate of drug-likeness (QED) is 0.942. The van der Waals surface area contributed by atoms with E-state index in [1.54, 1.807) is 18.3 Å². The summed E-state index contributed by atoms with van der Waals surface area (Å²) in [6.07, 6.45) is 1.56. The van der Waals surface area contributed by atoms with Crippen LogP contribution in [0.4, 0.5) is 4.39 Å². The zero-order valence-electron chi connectivity index (χ0n) is 9.65. The Balaban J connectivity index is 2.36. The second-order valence-corrected chi connectivity index (χ2v) is 4.70. The van der Waals surface area contributed by atoms with Crippen LogP contribution in [0, 0.1) is 12.7 Å². The minimum atomic E-state index is -0.377. The number of nitrogens with zero attached hydrogens (tertiary/aromatic N) is 1. The molecule has 94 valence electrons. The highest BCUT2D eigenvalue weighted by molar-refractivity contribution is 9.10. The number of ether oxygens (including phenoxy) is 1. The fourth-order valence-corrected chi connectivity index (χ4v) is 1.84. The lowest BCUT2D eigenvalue weighted by Gasteiger charge is -2.10. The summed E-state index contributed by atoms with van der Waals surface area (Å²) in [6, 6.07) is 5.99. The summed E-state index contributed by atoms with van der Waals surface area (Å²) in [5.41, 5.74) is 1.33. The highest BCUT2D eigenvalue weighted by atomic mass is 79.9. The Morgan fingerprint density at radius 3 is 2.89 bits per heavy atom. The zero-order chi connectivity index (χ0) is 13.1. The lowest BCUT2D eigenvalue weighted by atomic mass is 10.2. The van der Waals surface area contributed by atoms with E-state index in [0.29, 0.717) is 11.3 Å². The smallest absolute Gasteiger partial charge is 0.224 e. The van der Waals surface area contributed by atoms with Gasteiger partial charge in [0.1, 0.15) is 11.6 Å². The summed E-state index contributed by atoms with van der Waals surface area (Å²) in [5, 5.41) is 9.23. The van der Waals surface area contributed by atoms with Gasteiger partial charge >= 0.3 is 0 Å². The van der Waals surface area contributed by atoms with Crippen molar-refractivity contribution in [2.75, 3.05) is 0 Å². The third kappa shape index (κ3) is 2.86. The number of hydrogen-bond donors (Lipinski definition) is 1. The van der Waals surface area contributed by atoms with Crippen molar-refractivity contribution in [1.82, 2.24) is 4.98 Å². The molecule has 0 bridgehead atoms. The SMILES string of the molecule is Cc1ccc(F)cc1Oc1ncc(Br)cc1CO. The highest BCUT2D eigenvalue weighted by Crippen LogP contribution is 2.28. The molecule has 1 aromatic heterocycles. The third-order valence-corrected chi connectivity index (χ3v) is 2.85. The molecule has 2 aromatic rings. The maximum Gasteiger partial charge on any atom is 0.224 e. The molecule has 0 unspecified atom stereocenters. The first kappa shape index (κ1) is 13.0. The van der Waals surface area contributed by atoms with Crippen LogP contribution >= 0.6 is 15.9 Å². The number of aryl methyl sites for hydroxylation is 1. The second-order valence-electron chi connectivity index (χ2n) is 3.79. The largest absolute Gasteiger partial charge is 0.438 e. The Morgan fingerprint density at radius 2 is 2.17 bits per heavy atom. The Morgan fingerprint density at radius 1 is 1.39 bits per heavy atom. The number of pyridine rings is 1. The van der Waals surface area contributed by atoms with Crippen molar-refractivity contribution in [2.45, 2.75) is 13.5 Å². The van der Waals surface area contributed by atoms with Gasteiger partial charge in [0.15, 0.2) is 0 Å². The molecular formula is C13H11BrFNO2. The van der Waals surface area contributed by atoms with Gasteiger partial charge in [0.05, 0.1) is 6.61 Å². The maximum atomic E-state index is 13.1. The van der Waals surface area contributed by atoms with Gasteiger partial charge in [-0.05, 0) is 40.5 Å². The minimum absolute atomic E-state index is 0.198. The molecule has 18 heavy (non-hydrogen) atoms. The van der Waals surface area contributed by atoms with Crippen molar-refractivity contribution < 1.29 is 14.2 Å². The highest BCUT2D eigenvalue weighted by Gasteiger charge is 2.09. The first-order chi connectivity index (χ1) is 8.60. The molecule has 0 spiro atoms. The molecule has 1 N–H and O–H groups in total. The van der Waals surface area contributed by atoms with E-state index in [0.717, 1.165) is 10.0 Å². The molecule has 5 heteroatoms. The van der Waals surface area contributed by atoms with Crippen LogP contribution in [-0.4, -0.2) is 10.1 Å². The number of aliphatic hydroxyl groups excluding tert-OH is 1. The van der Waals surface area contributed by atoms with E-state index < -0.39 is 0 Å². The molecule has 0 radical (unpaired) electrons. The molecule has 0 aliphatic rings. The van der Waals surface area contributed by atoms with Crippen molar-refractivity contribution >= 4 is 15.9 Å². The Kier molecular flexibility index (Phi) is 3.93. The fraction of sp³-hybridized carbons (Fsp3) is 0.154. The number of halogens is 2. The van der Waals surface area contributed by atoms with Gasteiger partial charge in [-0.3, -0.25) is 0 Å². The molecule has 0 aliphatic carbocycles. The molecule has 0 fully saturated rings. The molecule has 1 aromatic carbocycles. The van der Waals surface area contributed by atoms with E-state index in [-0.39, 0.29) is 18.3 Å². The van der Waals surface area contributed by atoms with Gasteiger partial charge in [-0.2, -0.15) is 0 Å². The summed E-state index contributed by atoms with van der Waals surface area (Å²) in [6.45, 7) is 1.61. The van der Waals surface area contributed by atoms with Crippen LogP contribution in [0.1, 0.15) is 11.1 Å². The van der Waals surface area contributed by atoms with Crippen LogP contribution in [0.15, 0.2) is 34.9 Å². The van der Waals surface area contributed by atoms with Crippen molar-refractivity contribution in [2.24, 2.45) is 0 Å². The van der Waals surface area contributed by atoms with E-state index in [2.05, 4.69) is 20.9 Å². The van der Waals surface area contributed by atoms with Gasteiger partial charge < -0.3 is 9.84 Å². The van der Waals surface area contributed by atoms with Gasteiger partial charge in [-0.15, -0.1) is 0 Å². The number of aromatic nitrogens is 1. The predicted octanol–water partition coefficient (Wildman–Crippen LogP) is 3.58. The molecule has 0 atom stereocenters. The van der Waals surface area contributed by atoms with Crippen LogP contribution in [0.2, 0.25) is 0 Å². The van der Waals surface area contributed by atoms with Gasteiger partial charge in [0, 0.05) is 22.3 Å². The fourth-order valence-electron chi connectivity index (χ4n) is 1.46. The summed E-state index contributed by atoms with van der Waals surface area (Å²) in [4.78, 5) is 4.06. The minimum Gasteiger partial charge on any atom is -0.438 e. The molecule has 0 amide bonds. The molecular weight excluding hydrogens is 301 g/mol. The first-order valence-electron chi connectivity index (χ1n) is 5.29. The number of aliphatic hydroxyl groups is 1. The van der Waals surface area contributed by atoms with Crippen molar-refractivity contribution in [3.8, 4) is 11.6 Å². The number of benzene rings is 1. The third-order valence-electron chi connectivity index (χ3n) is 2.42. The lowest BCUT2D eigenvalue weighted by Crippen LogP contribution is -1.96. The van der Waals surface area contributed by atoms with Crippen LogP contribution in [0.5, 0.6) is 11.6 Å². The van der Waals surface area contributed by atoms with Crippen molar-refractivity contribution in [1.29, 1.82) is 0 Å². The first-order valence-corrected chi connectivity index (χ1v) is 6.08. The second kappa shape index (κ2) is 5.46. The van der Waals surface area contributed by atoms with E-state index in [1.807, 2.05) is 6.92 Å². The molecule has 0 saturated heterocycles. The normalized spacial score (nSPS) is 10.4. The van der Waals surface area contributed by atoms with E-state index in [9.17, 15) is 9.50 Å². The predicted molar refractivity (Wildman–Crippen MR) is 69.1 cm³/mol. The van der Waals surface area contributed by atoms with Crippen molar-refractivity contribution in [3.63, 3.8) is 0 Å². The van der Waals surface area contributed by atoms with E-state index in [4.69, 9.17) is 4.74 Å². The molecule has 0 aliphatic heterocycles. The topological polar surface area (TPSA) is 42.4 Å². The van der Waals surface area contributed by atoms with Gasteiger partial charge in [0.25, 0.3) is 0 Å². The summed E-state index contributed by atoms with van der Waals surface area (Å²) in [5.74, 6) is 0.284. The molecule has 2 rings (SSSR count). The number of rotatable bonds is 3. The molecule has 0 saturated carbocycles. The molecule has 1 heterocycles. The Bertz CT molecular complexity index is 575. The number of hydrogen-bond acceptors (Lipinski definition) is 3. The average molecular weight is 312 g/mol. The summed E-state index contributed by atoms with van der Waals surface area (Å²) < 4.78 is 19.4. The Hall–Kier alpha value is -1.46. The van der Waals surface area contributed by atoms with Crippen LogP contribution in [0.3, 0.4) is 0 Å². The van der Waals surface area contributed by atoms with E-state index in [1.165, 1.54) is 12.1 Å². The van der Waals surface area contributed by atoms with E-state index >= 15 is 0 Å². The zero-order valence-corrected chi connectivity index (χ0v) is 11.2. The lowest BCUT2D eigenvalue weighted by molar-refractivity contribution is 0.274. The molecule has 3 nitrogen and oxygen atoms in total. The van der Waals surface area contributed by atoms with Crippen LogP contribution in [-0.2, 0) is 6.61 Å². The van der Waals surface area contributed by atoms with Crippen LogP contribution < -0.4 is 4.74 Å². The maximum absolute atomic E-state index is 13.1. The van der Waals surface area contributed by atoms with Crippen LogP contribution in [0.25, 0.3) is 0 Å². The van der Waals surface area contributed by atoms with Gasteiger partial charge in [-0.25, -0.2) is 9.37 Å². The summed E-state index contributed by atoms with van der Waals surface area (Å²) in [7, 11) is 0. The van der Waals surface area contributed by atoms with Gasteiger partial charge in [-0.1, -0.05) is 6.07 Å². The van der Waals surface area contributed by atoms with Crippen molar-refractivity contribution in [3.05, 3.63) is 51.9 Å². The average Bonchev–Trinajstić information content (AvgIpc) is 2.36. The van der Waals surface area contributed by atoms with Gasteiger partial charge in [0.2, 0.25) is 5.88 Å². The standard InChI is InChI=1S/C13H11BrFNO2/c1-8-2-3-11(15)5-12(8)18-13-9(7-17)4-10(14)6-16-13/h2-6,17H,7H2,1H3.